The van der Waals surface area contributed by atoms with Gasteiger partial charge < -0.3 is 17.8 Å². The van der Waals surface area contributed by atoms with Crippen LogP contribution in [0.5, 0.6) is 0 Å². The molecule has 7 nitrogen and oxygen atoms in total. The molecule has 0 spiro atoms. The van der Waals surface area contributed by atoms with Crippen LogP contribution in [-0.4, -0.2) is 19.5 Å². The number of aromatic nitrogens is 4. The van der Waals surface area contributed by atoms with Gasteiger partial charge in [0.2, 0.25) is 0 Å². The molecule has 0 bridgehead atoms. The normalized spacial score (nSPS) is 12.2. The summed E-state index contributed by atoms with van der Waals surface area (Å²) in [6, 6.07) is 67.4. The Bertz CT molecular complexity index is 4420. The molecule has 0 aliphatic carbocycles. The molecular weight excluding hydrogens is 813 g/mol. The van der Waals surface area contributed by atoms with Gasteiger partial charge in [-0.2, -0.15) is 0 Å². The number of hydrogen-bond acceptors (Lipinski definition) is 6. The van der Waals surface area contributed by atoms with E-state index in [1.54, 1.807) is 0 Å². The molecule has 0 saturated carbocycles. The van der Waals surface area contributed by atoms with Crippen LogP contribution in [0.4, 0.5) is 0 Å². The van der Waals surface area contributed by atoms with E-state index in [0.29, 0.717) is 17.5 Å². The van der Waals surface area contributed by atoms with E-state index >= 15 is 0 Å². The van der Waals surface area contributed by atoms with Gasteiger partial charge in [-0.15, -0.1) is 0 Å². The molecule has 0 saturated heterocycles. The molecule has 15 rings (SSSR count). The molecule has 0 amide bonds. The lowest BCUT2D eigenvalue weighted by molar-refractivity contribution is 0.668. The summed E-state index contributed by atoms with van der Waals surface area (Å²) in [5.41, 5.74) is 10.2. The van der Waals surface area contributed by atoms with E-state index < -0.39 is 0 Å². The van der Waals surface area contributed by atoms with E-state index in [1.165, 1.54) is 5.39 Å². The van der Waals surface area contributed by atoms with E-state index in [-0.39, 0.29) is 0 Å². The molecule has 15 aromatic rings. The first kappa shape index (κ1) is 35.4. The van der Waals surface area contributed by atoms with Crippen molar-refractivity contribution in [3.8, 4) is 39.9 Å². The summed E-state index contributed by atoms with van der Waals surface area (Å²) in [7, 11) is 0. The summed E-state index contributed by atoms with van der Waals surface area (Å²) in [5, 5.41) is 12.9. The van der Waals surface area contributed by atoms with Crippen LogP contribution in [0.15, 0.2) is 207 Å². The van der Waals surface area contributed by atoms with Crippen molar-refractivity contribution < 1.29 is 13.3 Å². The summed E-state index contributed by atoms with van der Waals surface area (Å²) in [4.78, 5) is 16.4. The van der Waals surface area contributed by atoms with Crippen LogP contribution in [-0.2, 0) is 0 Å². The Morgan fingerprint density at radius 1 is 0.288 bits per heavy atom. The van der Waals surface area contributed by atoms with Crippen molar-refractivity contribution in [3.63, 3.8) is 0 Å². The summed E-state index contributed by atoms with van der Waals surface area (Å²) < 4.78 is 22.1. The number of para-hydroxylation sites is 3. The third kappa shape index (κ3) is 4.99. The van der Waals surface area contributed by atoms with Gasteiger partial charge in [0.15, 0.2) is 17.5 Å². The molecule has 5 heterocycles. The predicted octanol–water partition coefficient (Wildman–Crippen LogP) is 16.0. The Hall–Kier alpha value is -9.07. The zero-order chi connectivity index (χ0) is 43.0. The van der Waals surface area contributed by atoms with Crippen molar-refractivity contribution in [2.75, 3.05) is 0 Å². The minimum absolute atomic E-state index is 0.499. The van der Waals surface area contributed by atoms with Gasteiger partial charge in [0.1, 0.15) is 33.5 Å². The molecule has 0 N–H and O–H groups in total. The highest BCUT2D eigenvalue weighted by Crippen LogP contribution is 2.45. The van der Waals surface area contributed by atoms with Gasteiger partial charge >= 0.3 is 0 Å². The summed E-state index contributed by atoms with van der Waals surface area (Å²) in [5.74, 6) is 1.54. The maximum atomic E-state index is 6.84. The highest BCUT2D eigenvalue weighted by molar-refractivity contribution is 6.21. The monoisotopic (exact) mass is 844 g/mol. The first-order valence-corrected chi connectivity index (χ1v) is 22.1. The number of hydrogen-bond donors (Lipinski definition) is 0. The molecule has 0 atom stereocenters. The van der Waals surface area contributed by atoms with E-state index in [1.807, 2.05) is 60.7 Å². The Morgan fingerprint density at radius 2 is 0.803 bits per heavy atom. The number of benzene rings is 10. The third-order valence-electron chi connectivity index (χ3n) is 13.4. The topological polar surface area (TPSA) is 83.0 Å². The van der Waals surface area contributed by atoms with Crippen LogP contribution in [0, 0.1) is 0 Å². The summed E-state index contributed by atoms with van der Waals surface area (Å²) >= 11 is 0. The zero-order valence-electron chi connectivity index (χ0n) is 35.0. The van der Waals surface area contributed by atoms with Gasteiger partial charge in [0.05, 0.1) is 16.7 Å². The Kier molecular flexibility index (Phi) is 7.10. The Labute approximate surface area is 374 Å². The summed E-state index contributed by atoms with van der Waals surface area (Å²) in [6.07, 6.45) is 0. The van der Waals surface area contributed by atoms with Crippen molar-refractivity contribution in [1.29, 1.82) is 0 Å². The minimum atomic E-state index is 0.499. The molecule has 0 aliphatic rings. The van der Waals surface area contributed by atoms with Crippen molar-refractivity contribution in [2.24, 2.45) is 0 Å². The van der Waals surface area contributed by atoms with E-state index in [9.17, 15) is 0 Å². The number of nitrogens with zero attached hydrogens (tertiary/aromatic N) is 4. The van der Waals surface area contributed by atoms with E-state index in [2.05, 4.69) is 138 Å². The molecule has 0 fully saturated rings. The Morgan fingerprint density at radius 3 is 1.48 bits per heavy atom. The lowest BCUT2D eigenvalue weighted by Gasteiger charge is -2.16. The van der Waals surface area contributed by atoms with Crippen LogP contribution in [0.25, 0.3) is 149 Å². The lowest BCUT2D eigenvalue weighted by Crippen LogP contribution is -2.04. The van der Waals surface area contributed by atoms with Crippen LogP contribution in [0.1, 0.15) is 0 Å². The quantitative estimate of drug-likeness (QED) is 0.175. The van der Waals surface area contributed by atoms with Crippen LogP contribution < -0.4 is 0 Å². The molecule has 0 unspecified atom stereocenters. The average Bonchev–Trinajstić information content (AvgIpc) is 4.14. The molecular formula is C59H32N4O3. The zero-order valence-corrected chi connectivity index (χ0v) is 35.0. The van der Waals surface area contributed by atoms with Gasteiger partial charge in [-0.25, -0.2) is 15.0 Å². The molecule has 0 radical (unpaired) electrons. The fourth-order valence-corrected chi connectivity index (χ4v) is 10.5. The minimum Gasteiger partial charge on any atom is -0.456 e. The van der Waals surface area contributed by atoms with Gasteiger partial charge in [-0.05, 0) is 82.2 Å². The second kappa shape index (κ2) is 13.2. The maximum Gasteiger partial charge on any atom is 0.166 e. The summed E-state index contributed by atoms with van der Waals surface area (Å²) in [6.45, 7) is 0. The molecule has 66 heavy (non-hydrogen) atoms. The molecule has 5 aromatic heterocycles. The second-order valence-electron chi connectivity index (χ2n) is 17.1. The maximum absolute atomic E-state index is 6.84. The molecule has 0 aliphatic heterocycles. The van der Waals surface area contributed by atoms with Gasteiger partial charge in [-0.3, -0.25) is 0 Å². The van der Waals surface area contributed by atoms with Gasteiger partial charge in [0.25, 0.3) is 0 Å². The number of furan rings is 3. The average molecular weight is 845 g/mol. The fraction of sp³-hybridized carbons (Fsp3) is 0. The molecule has 7 heteroatoms. The molecule has 10 aromatic carbocycles. The van der Waals surface area contributed by atoms with Gasteiger partial charge in [0, 0.05) is 59.8 Å². The van der Waals surface area contributed by atoms with Crippen LogP contribution in [0.2, 0.25) is 0 Å². The third-order valence-corrected chi connectivity index (χ3v) is 13.4. The van der Waals surface area contributed by atoms with Crippen molar-refractivity contribution in [2.45, 2.75) is 0 Å². The largest absolute Gasteiger partial charge is 0.456 e. The van der Waals surface area contributed by atoms with Crippen molar-refractivity contribution >= 4 is 109 Å². The van der Waals surface area contributed by atoms with Crippen LogP contribution >= 0.6 is 0 Å². The Balaban J connectivity index is 1.11. The standard InChI is InChI=1S/C59H32N4O3/c1-2-15-35-30-46-42(29-34(35)14-1)37-17-5-8-22-45(37)63(46)47-31-44-53(66-52-28-27-33-13-3-4-16-36(33)54(44)52)32-43(47)59-61-57(40-20-11-25-50-55(40)38-18-6-9-23-48(38)64-50)60-58(62-59)41-21-12-26-51-56(41)39-19-7-10-24-49(39)65-51/h1-32H. The van der Waals surface area contributed by atoms with Gasteiger partial charge in [-0.1, -0.05) is 133 Å². The fourth-order valence-electron chi connectivity index (χ4n) is 10.5. The molecule has 306 valence electrons. The predicted molar refractivity (Wildman–Crippen MR) is 267 cm³/mol. The van der Waals surface area contributed by atoms with Crippen molar-refractivity contribution in [3.05, 3.63) is 194 Å². The van der Waals surface area contributed by atoms with Crippen molar-refractivity contribution in [1.82, 2.24) is 19.5 Å². The first-order chi connectivity index (χ1) is 32.7. The highest BCUT2D eigenvalue weighted by atomic mass is 16.3. The second-order valence-corrected chi connectivity index (χ2v) is 17.1. The first-order valence-electron chi connectivity index (χ1n) is 22.1. The highest BCUT2D eigenvalue weighted by Gasteiger charge is 2.25. The van der Waals surface area contributed by atoms with E-state index in [4.69, 9.17) is 28.2 Å². The van der Waals surface area contributed by atoms with E-state index in [0.717, 1.165) is 126 Å². The smallest absolute Gasteiger partial charge is 0.166 e. The lowest BCUT2D eigenvalue weighted by atomic mass is 10.0. The SMILES string of the molecule is c1ccc2cc3c(cc2c1)c1ccccc1n3-c1cc2c(cc1-c1nc(-c3cccc4oc5ccccc5c34)nc(-c3cccc4oc5ccccc5c34)n1)oc1ccc3ccccc3c12. The number of fused-ring (bicyclic) bond motifs is 15. The van der Waals surface area contributed by atoms with Crippen LogP contribution in [0.3, 0.4) is 0 Å². The number of rotatable bonds is 4.